The Morgan fingerprint density at radius 1 is 1.06 bits per heavy atom. The van der Waals surface area contributed by atoms with E-state index in [2.05, 4.69) is 36.6 Å². The lowest BCUT2D eigenvalue weighted by atomic mass is 9.94. The Labute approximate surface area is 207 Å². The second-order valence-corrected chi connectivity index (χ2v) is 8.52. The van der Waals surface area contributed by atoms with Crippen molar-refractivity contribution in [3.05, 3.63) is 94.9 Å². The zero-order chi connectivity index (χ0) is 21.9. The summed E-state index contributed by atoms with van der Waals surface area (Å²) in [6, 6.07) is 24.4. The fourth-order valence-corrected chi connectivity index (χ4v) is 4.41. The highest BCUT2D eigenvalue weighted by Gasteiger charge is 2.26. The molecule has 3 aromatic carbocycles. The maximum Gasteiger partial charge on any atom is 0.203 e. The van der Waals surface area contributed by atoms with E-state index >= 15 is 0 Å². The average Bonchev–Trinajstić information content (AvgIpc) is 3.32. The molecule has 0 fully saturated rings. The molecule has 1 atom stereocenters. The van der Waals surface area contributed by atoms with E-state index in [1.807, 2.05) is 53.9 Å². The summed E-state index contributed by atoms with van der Waals surface area (Å²) >= 11 is 1.53. The Morgan fingerprint density at radius 2 is 1.85 bits per heavy atom. The van der Waals surface area contributed by atoms with Crippen molar-refractivity contribution < 1.29 is 9.47 Å². The number of halogens is 1. The highest BCUT2D eigenvalue weighted by atomic mass is 79.9. The third-order valence-corrected chi connectivity index (χ3v) is 6.19. The Morgan fingerprint density at radius 3 is 2.61 bits per heavy atom. The number of aryl methyl sites for hydroxylation is 1. The SMILES string of the molecule is Br.COc1ccc(-c2csc(N/N=C3/CC(c4ccccc4)Oc4ccc(C)cc43)n2)cc1. The van der Waals surface area contributed by atoms with Crippen LogP contribution in [0.2, 0.25) is 0 Å². The third-order valence-electron chi connectivity index (χ3n) is 5.44. The van der Waals surface area contributed by atoms with Gasteiger partial charge in [0.25, 0.3) is 0 Å². The number of thiazole rings is 1. The number of nitrogens with one attached hydrogen (secondary N) is 1. The first-order valence-electron chi connectivity index (χ1n) is 10.4. The molecular formula is C26H24BrN3O2S. The quantitative estimate of drug-likeness (QED) is 0.286. The fraction of sp³-hybridized carbons (Fsp3) is 0.154. The first kappa shape index (κ1) is 23.0. The summed E-state index contributed by atoms with van der Waals surface area (Å²) in [6.45, 7) is 2.08. The summed E-state index contributed by atoms with van der Waals surface area (Å²) in [7, 11) is 1.66. The van der Waals surface area contributed by atoms with Gasteiger partial charge in [-0.25, -0.2) is 4.98 Å². The number of fused-ring (bicyclic) bond motifs is 1. The maximum absolute atomic E-state index is 6.30. The summed E-state index contributed by atoms with van der Waals surface area (Å²) in [5.74, 6) is 1.68. The molecule has 2 heterocycles. The topological polar surface area (TPSA) is 55.7 Å². The van der Waals surface area contributed by atoms with Crippen molar-refractivity contribution in [3.63, 3.8) is 0 Å². The third kappa shape index (κ3) is 5.10. The van der Waals surface area contributed by atoms with E-state index < -0.39 is 0 Å². The average molecular weight is 522 g/mol. The molecule has 0 saturated heterocycles. The van der Waals surface area contributed by atoms with Gasteiger partial charge in [-0.3, -0.25) is 5.43 Å². The zero-order valence-corrected chi connectivity index (χ0v) is 20.8. The van der Waals surface area contributed by atoms with Gasteiger partial charge in [-0.1, -0.05) is 42.0 Å². The Hall–Kier alpha value is -3.16. The molecule has 0 saturated carbocycles. The van der Waals surface area contributed by atoms with Gasteiger partial charge in [-0.15, -0.1) is 28.3 Å². The number of hydrazone groups is 1. The maximum atomic E-state index is 6.30. The summed E-state index contributed by atoms with van der Waals surface area (Å²) in [5.41, 5.74) is 9.43. The van der Waals surface area contributed by atoms with Crippen LogP contribution in [0.15, 0.2) is 83.3 Å². The number of aromatic nitrogens is 1. The molecule has 33 heavy (non-hydrogen) atoms. The second kappa shape index (κ2) is 10.2. The molecule has 0 bridgehead atoms. The molecule has 1 N–H and O–H groups in total. The van der Waals surface area contributed by atoms with Gasteiger partial charge in [0.15, 0.2) is 0 Å². The fourth-order valence-electron chi connectivity index (χ4n) is 3.75. The zero-order valence-electron chi connectivity index (χ0n) is 18.3. The highest BCUT2D eigenvalue weighted by Crippen LogP contribution is 2.36. The number of anilines is 1. The van der Waals surface area contributed by atoms with Crippen molar-refractivity contribution in [2.75, 3.05) is 12.5 Å². The van der Waals surface area contributed by atoms with E-state index in [9.17, 15) is 0 Å². The molecule has 1 aliphatic heterocycles. The van der Waals surface area contributed by atoms with Crippen LogP contribution >= 0.6 is 28.3 Å². The number of hydrogen-bond donors (Lipinski definition) is 1. The van der Waals surface area contributed by atoms with Crippen LogP contribution in [0.25, 0.3) is 11.3 Å². The van der Waals surface area contributed by atoms with Crippen LogP contribution < -0.4 is 14.9 Å². The smallest absolute Gasteiger partial charge is 0.203 e. The van der Waals surface area contributed by atoms with Crippen molar-refractivity contribution in [1.29, 1.82) is 0 Å². The molecule has 0 radical (unpaired) electrons. The van der Waals surface area contributed by atoms with Gasteiger partial charge in [-0.05, 0) is 48.9 Å². The van der Waals surface area contributed by atoms with Gasteiger partial charge in [0.05, 0.1) is 18.5 Å². The molecule has 1 aliphatic rings. The number of nitrogens with zero attached hydrogens (tertiary/aromatic N) is 2. The van der Waals surface area contributed by atoms with Gasteiger partial charge in [-0.2, -0.15) is 5.10 Å². The van der Waals surface area contributed by atoms with Crippen molar-refractivity contribution >= 4 is 39.2 Å². The van der Waals surface area contributed by atoms with Crippen LogP contribution in [0.5, 0.6) is 11.5 Å². The molecular weight excluding hydrogens is 498 g/mol. The molecule has 168 valence electrons. The van der Waals surface area contributed by atoms with E-state index in [1.165, 1.54) is 16.9 Å². The number of benzene rings is 3. The van der Waals surface area contributed by atoms with Gasteiger partial charge in [0.1, 0.15) is 17.6 Å². The van der Waals surface area contributed by atoms with Crippen LogP contribution in [-0.4, -0.2) is 17.8 Å². The minimum absolute atomic E-state index is 0. The van der Waals surface area contributed by atoms with Crippen molar-refractivity contribution in [2.24, 2.45) is 5.10 Å². The Bertz CT molecular complexity index is 1260. The lowest BCUT2D eigenvalue weighted by Gasteiger charge is -2.27. The summed E-state index contributed by atoms with van der Waals surface area (Å²) in [5, 5.41) is 7.54. The summed E-state index contributed by atoms with van der Waals surface area (Å²) in [6.07, 6.45) is 0.614. The lowest BCUT2D eigenvalue weighted by Crippen LogP contribution is -2.22. The normalized spacial score (nSPS) is 15.8. The van der Waals surface area contributed by atoms with E-state index in [0.29, 0.717) is 6.42 Å². The standard InChI is InChI=1S/C26H23N3O2S.BrH/c1-17-8-13-24-21(14-17)22(15-25(31-24)19-6-4-3-5-7-19)28-29-26-27-23(16-32-26)18-9-11-20(30-2)12-10-18;/h3-14,16,25H,15H2,1-2H3,(H,27,29);1H/b28-22-;. The molecule has 5 rings (SSSR count). The minimum Gasteiger partial charge on any atom is -0.497 e. The first-order valence-corrected chi connectivity index (χ1v) is 11.3. The van der Waals surface area contributed by atoms with E-state index in [4.69, 9.17) is 19.6 Å². The number of hydrogen-bond acceptors (Lipinski definition) is 6. The van der Waals surface area contributed by atoms with Gasteiger partial charge in [0.2, 0.25) is 5.13 Å². The predicted molar refractivity (Wildman–Crippen MR) is 140 cm³/mol. The molecule has 0 spiro atoms. The largest absolute Gasteiger partial charge is 0.497 e. The van der Waals surface area contributed by atoms with Crippen LogP contribution in [0.4, 0.5) is 5.13 Å². The van der Waals surface area contributed by atoms with E-state index in [-0.39, 0.29) is 23.1 Å². The lowest BCUT2D eigenvalue weighted by molar-refractivity contribution is 0.206. The molecule has 1 aromatic heterocycles. The molecule has 1 unspecified atom stereocenters. The van der Waals surface area contributed by atoms with E-state index in [1.54, 1.807) is 7.11 Å². The van der Waals surface area contributed by atoms with Gasteiger partial charge < -0.3 is 9.47 Å². The van der Waals surface area contributed by atoms with Crippen molar-refractivity contribution in [1.82, 2.24) is 4.98 Å². The van der Waals surface area contributed by atoms with Crippen LogP contribution in [0, 0.1) is 6.92 Å². The highest BCUT2D eigenvalue weighted by molar-refractivity contribution is 8.93. The molecule has 4 aromatic rings. The van der Waals surface area contributed by atoms with Crippen LogP contribution in [0.1, 0.15) is 29.2 Å². The Balaban J connectivity index is 0.00000259. The molecule has 0 amide bonds. The molecule has 7 heteroatoms. The number of ether oxygens (including phenoxy) is 2. The van der Waals surface area contributed by atoms with Crippen LogP contribution in [0.3, 0.4) is 0 Å². The minimum atomic E-state index is -0.0712. The number of methoxy groups -OCH3 is 1. The molecule has 5 nitrogen and oxygen atoms in total. The van der Waals surface area contributed by atoms with Gasteiger partial charge in [0, 0.05) is 22.9 Å². The second-order valence-electron chi connectivity index (χ2n) is 7.66. The molecule has 0 aliphatic carbocycles. The monoisotopic (exact) mass is 521 g/mol. The van der Waals surface area contributed by atoms with Gasteiger partial charge >= 0.3 is 0 Å². The summed E-state index contributed by atoms with van der Waals surface area (Å²) in [4.78, 5) is 4.70. The number of rotatable bonds is 5. The van der Waals surface area contributed by atoms with Crippen molar-refractivity contribution in [3.8, 4) is 22.8 Å². The predicted octanol–water partition coefficient (Wildman–Crippen LogP) is 7.05. The first-order chi connectivity index (χ1) is 15.7. The Kier molecular flexibility index (Phi) is 7.11. The van der Waals surface area contributed by atoms with E-state index in [0.717, 1.165) is 44.7 Å². The van der Waals surface area contributed by atoms with Crippen LogP contribution in [-0.2, 0) is 0 Å². The summed E-state index contributed by atoms with van der Waals surface area (Å²) < 4.78 is 11.5. The van der Waals surface area contributed by atoms with Crippen molar-refractivity contribution in [2.45, 2.75) is 19.4 Å².